The van der Waals surface area contributed by atoms with E-state index in [0.717, 1.165) is 63.0 Å². The zero-order valence-electron chi connectivity index (χ0n) is 15.8. The largest absolute Gasteiger partial charge is 0.377 e. The predicted molar refractivity (Wildman–Crippen MR) is 102 cm³/mol. The molecule has 1 spiro atoms. The number of nitrogens with zero attached hydrogens (tertiary/aromatic N) is 4. The highest BCUT2D eigenvalue weighted by Gasteiger charge is 2.43. The first-order valence-corrected chi connectivity index (χ1v) is 9.59. The predicted octanol–water partition coefficient (Wildman–Crippen LogP) is 1.90. The van der Waals surface area contributed by atoms with E-state index in [1.54, 1.807) is 0 Å². The highest BCUT2D eigenvalue weighted by Crippen LogP contribution is 2.33. The van der Waals surface area contributed by atoms with Gasteiger partial charge in [-0.3, -0.25) is 9.88 Å². The van der Waals surface area contributed by atoms with Gasteiger partial charge in [0.2, 0.25) is 0 Å². The van der Waals surface area contributed by atoms with Crippen LogP contribution in [0, 0.1) is 12.8 Å². The van der Waals surface area contributed by atoms with Gasteiger partial charge < -0.3 is 14.8 Å². The van der Waals surface area contributed by atoms with Crippen LogP contribution in [0.25, 0.3) is 0 Å². The van der Waals surface area contributed by atoms with Gasteiger partial charge in [-0.2, -0.15) is 5.10 Å². The third-order valence-electron chi connectivity index (χ3n) is 5.20. The molecule has 2 fully saturated rings. The Labute approximate surface area is 160 Å². The van der Waals surface area contributed by atoms with Gasteiger partial charge in [0.25, 0.3) is 0 Å². The molecule has 0 radical (unpaired) electrons. The molecule has 0 aromatic carbocycles. The number of rotatable bonds is 5. The first-order valence-electron chi connectivity index (χ1n) is 9.59. The molecular weight excluding hydrogens is 342 g/mol. The summed E-state index contributed by atoms with van der Waals surface area (Å²) in [5.41, 5.74) is 1.78. The Hall–Kier alpha value is -2.09. The maximum Gasteiger partial charge on any atom is 0.148 e. The molecule has 0 bridgehead atoms. The van der Waals surface area contributed by atoms with Crippen LogP contribution in [0.1, 0.15) is 17.8 Å². The van der Waals surface area contributed by atoms with Crippen molar-refractivity contribution in [2.45, 2.75) is 25.5 Å². The minimum absolute atomic E-state index is 0.226. The molecule has 0 aliphatic carbocycles. The van der Waals surface area contributed by atoms with Crippen LogP contribution in [0.3, 0.4) is 0 Å². The minimum atomic E-state index is -0.226. The van der Waals surface area contributed by atoms with E-state index in [1.165, 1.54) is 0 Å². The molecule has 144 valence electrons. The summed E-state index contributed by atoms with van der Waals surface area (Å²) >= 11 is 0. The van der Waals surface area contributed by atoms with Crippen LogP contribution >= 0.6 is 0 Å². The van der Waals surface area contributed by atoms with E-state index in [-0.39, 0.29) is 5.60 Å². The Balaban J connectivity index is 1.34. The topological polar surface area (TPSA) is 72.4 Å². The third kappa shape index (κ3) is 4.80. The van der Waals surface area contributed by atoms with Crippen molar-refractivity contribution in [3.8, 4) is 0 Å². The zero-order chi connectivity index (χ0) is 18.5. The highest BCUT2D eigenvalue weighted by atomic mass is 16.5. The lowest BCUT2D eigenvalue weighted by Crippen LogP contribution is -2.44. The van der Waals surface area contributed by atoms with Gasteiger partial charge >= 0.3 is 0 Å². The molecule has 4 heterocycles. The van der Waals surface area contributed by atoms with Gasteiger partial charge in [-0.05, 0) is 37.6 Å². The monoisotopic (exact) mass is 369 g/mol. The molecule has 7 heteroatoms. The number of ether oxygens (including phenoxy) is 2. The smallest absolute Gasteiger partial charge is 0.148 e. The number of hydrogen-bond acceptors (Lipinski definition) is 7. The summed E-state index contributed by atoms with van der Waals surface area (Å²) in [7, 11) is 0. The average molecular weight is 369 g/mol. The second kappa shape index (κ2) is 8.29. The van der Waals surface area contributed by atoms with E-state index in [2.05, 4.69) is 31.5 Å². The average Bonchev–Trinajstić information content (AvgIpc) is 2.97. The number of anilines is 1. The SMILES string of the molecule is Cc1ccc(NC[C@@H]2CO[C@@]3(COCCN(Cc4ccccn4)C3)C2)nn1. The molecule has 1 N–H and O–H groups in total. The molecule has 7 nitrogen and oxygen atoms in total. The van der Waals surface area contributed by atoms with Crippen molar-refractivity contribution in [1.82, 2.24) is 20.1 Å². The van der Waals surface area contributed by atoms with Crippen molar-refractivity contribution in [2.75, 3.05) is 44.8 Å². The Kier molecular flexibility index (Phi) is 5.61. The quantitative estimate of drug-likeness (QED) is 0.863. The highest BCUT2D eigenvalue weighted by molar-refractivity contribution is 5.32. The van der Waals surface area contributed by atoms with Crippen LogP contribution in [0.15, 0.2) is 36.5 Å². The van der Waals surface area contributed by atoms with Crippen molar-refractivity contribution in [2.24, 2.45) is 5.92 Å². The fourth-order valence-electron chi connectivity index (χ4n) is 3.86. The lowest BCUT2D eigenvalue weighted by molar-refractivity contribution is -0.0563. The van der Waals surface area contributed by atoms with E-state index in [1.807, 2.05) is 37.4 Å². The summed E-state index contributed by atoms with van der Waals surface area (Å²) < 4.78 is 12.2. The summed E-state index contributed by atoms with van der Waals surface area (Å²) in [6, 6.07) is 10.00. The number of pyridine rings is 1. The van der Waals surface area contributed by atoms with Crippen LogP contribution in [-0.2, 0) is 16.0 Å². The van der Waals surface area contributed by atoms with E-state index in [0.29, 0.717) is 12.5 Å². The summed E-state index contributed by atoms with van der Waals surface area (Å²) in [6.07, 6.45) is 2.83. The molecule has 2 aromatic rings. The van der Waals surface area contributed by atoms with Crippen LogP contribution in [-0.4, -0.2) is 65.1 Å². The van der Waals surface area contributed by atoms with Gasteiger partial charge in [-0.25, -0.2) is 0 Å². The van der Waals surface area contributed by atoms with Gasteiger partial charge in [0.15, 0.2) is 0 Å². The lowest BCUT2D eigenvalue weighted by atomic mass is 9.94. The first-order chi connectivity index (χ1) is 13.2. The second-order valence-electron chi connectivity index (χ2n) is 7.59. The third-order valence-corrected chi connectivity index (χ3v) is 5.20. The fourth-order valence-corrected chi connectivity index (χ4v) is 3.86. The molecule has 2 aromatic heterocycles. The number of aromatic nitrogens is 3. The molecule has 0 unspecified atom stereocenters. The summed E-state index contributed by atoms with van der Waals surface area (Å²) in [6.45, 7) is 7.53. The van der Waals surface area contributed by atoms with E-state index < -0.39 is 0 Å². The lowest BCUT2D eigenvalue weighted by Gasteiger charge is -2.31. The van der Waals surface area contributed by atoms with E-state index in [9.17, 15) is 0 Å². The molecule has 0 saturated carbocycles. The maximum atomic E-state index is 6.29. The standard InChI is InChI=1S/C20H27N5O2/c1-16-5-6-19(24-23-16)22-11-17-10-20(27-13-17)14-25(8-9-26-15-20)12-18-4-2-3-7-21-18/h2-7,17H,8-15H2,1H3,(H,22,24)/t17-,20+/m1/s1. The Morgan fingerprint density at radius 1 is 1.26 bits per heavy atom. The normalized spacial score (nSPS) is 26.2. The zero-order valence-corrected chi connectivity index (χ0v) is 15.8. The van der Waals surface area contributed by atoms with Crippen molar-refractivity contribution < 1.29 is 9.47 Å². The second-order valence-corrected chi connectivity index (χ2v) is 7.59. The van der Waals surface area contributed by atoms with Gasteiger partial charge in [0.05, 0.1) is 31.2 Å². The van der Waals surface area contributed by atoms with Gasteiger partial charge in [-0.1, -0.05) is 6.07 Å². The molecule has 27 heavy (non-hydrogen) atoms. The summed E-state index contributed by atoms with van der Waals surface area (Å²) in [4.78, 5) is 6.86. The van der Waals surface area contributed by atoms with Crippen LogP contribution in [0.2, 0.25) is 0 Å². The van der Waals surface area contributed by atoms with E-state index in [4.69, 9.17) is 9.47 Å². The maximum absolute atomic E-state index is 6.29. The van der Waals surface area contributed by atoms with Crippen LogP contribution in [0.5, 0.6) is 0 Å². The minimum Gasteiger partial charge on any atom is -0.377 e. The summed E-state index contributed by atoms with van der Waals surface area (Å²) in [5.74, 6) is 1.25. The molecule has 2 aliphatic rings. The molecule has 4 rings (SSSR count). The Morgan fingerprint density at radius 3 is 3.04 bits per heavy atom. The molecule has 2 saturated heterocycles. The van der Waals surface area contributed by atoms with Crippen molar-refractivity contribution >= 4 is 5.82 Å². The Bertz CT molecular complexity index is 727. The number of aryl methyl sites for hydroxylation is 1. The Morgan fingerprint density at radius 2 is 2.22 bits per heavy atom. The van der Waals surface area contributed by atoms with Gasteiger partial charge in [0.1, 0.15) is 11.4 Å². The molecule has 2 aliphatic heterocycles. The van der Waals surface area contributed by atoms with Gasteiger partial charge in [0, 0.05) is 38.3 Å². The van der Waals surface area contributed by atoms with Crippen molar-refractivity contribution in [1.29, 1.82) is 0 Å². The fraction of sp³-hybridized carbons (Fsp3) is 0.550. The summed E-state index contributed by atoms with van der Waals surface area (Å²) in [5, 5.41) is 11.7. The van der Waals surface area contributed by atoms with Crippen LogP contribution in [0.4, 0.5) is 5.82 Å². The first kappa shape index (κ1) is 18.3. The van der Waals surface area contributed by atoms with Crippen molar-refractivity contribution in [3.05, 3.63) is 47.9 Å². The number of hydrogen-bond donors (Lipinski definition) is 1. The molecule has 0 amide bonds. The molecule has 2 atom stereocenters. The number of nitrogens with one attached hydrogen (secondary N) is 1. The van der Waals surface area contributed by atoms with Crippen molar-refractivity contribution in [3.63, 3.8) is 0 Å². The molecular formula is C20H27N5O2. The van der Waals surface area contributed by atoms with Gasteiger partial charge in [-0.15, -0.1) is 5.10 Å². The van der Waals surface area contributed by atoms with Crippen LogP contribution < -0.4 is 5.32 Å². The van der Waals surface area contributed by atoms with E-state index >= 15 is 0 Å².